The average Bonchev–Trinajstić information content (AvgIpc) is 2.47. The van der Waals surface area contributed by atoms with E-state index in [0.29, 0.717) is 12.6 Å². The third-order valence-corrected chi connectivity index (χ3v) is 4.52. The first-order chi connectivity index (χ1) is 9.99. The van der Waals surface area contributed by atoms with Gasteiger partial charge in [-0.25, -0.2) is 0 Å². The predicted molar refractivity (Wildman–Crippen MR) is 84.9 cm³/mol. The van der Waals surface area contributed by atoms with E-state index < -0.39 is 5.54 Å². The maximum Gasteiger partial charge on any atom is 0.243 e. The van der Waals surface area contributed by atoms with Crippen LogP contribution in [0.15, 0.2) is 30.3 Å². The number of rotatable bonds is 5. The second-order valence-electron chi connectivity index (χ2n) is 5.97. The van der Waals surface area contributed by atoms with Crippen molar-refractivity contribution in [1.82, 2.24) is 15.1 Å². The van der Waals surface area contributed by atoms with Gasteiger partial charge in [0.1, 0.15) is 5.54 Å². The van der Waals surface area contributed by atoms with E-state index >= 15 is 0 Å². The summed E-state index contributed by atoms with van der Waals surface area (Å²) >= 11 is 0. The molecule has 1 aromatic carbocycles. The van der Waals surface area contributed by atoms with Crippen LogP contribution in [0.3, 0.4) is 0 Å². The molecule has 1 aromatic rings. The summed E-state index contributed by atoms with van der Waals surface area (Å²) < 4.78 is 0. The van der Waals surface area contributed by atoms with Crippen LogP contribution in [0.2, 0.25) is 0 Å². The number of carbonyl (C=O) groups excluding carboxylic acids is 1. The zero-order chi connectivity index (χ0) is 15.5. The Bertz CT molecular complexity index is 478. The van der Waals surface area contributed by atoms with Gasteiger partial charge in [0.15, 0.2) is 0 Å². The van der Waals surface area contributed by atoms with E-state index in [1.165, 1.54) is 0 Å². The Balaban J connectivity index is 2.27. The van der Waals surface area contributed by atoms with Crippen LogP contribution < -0.4 is 11.1 Å². The van der Waals surface area contributed by atoms with Gasteiger partial charge in [0.25, 0.3) is 0 Å². The van der Waals surface area contributed by atoms with E-state index in [1.54, 1.807) is 7.05 Å². The SMILES string of the molecule is CNC(CN1CCN(C)CC1C)(C(N)=O)c1ccccc1. The molecule has 116 valence electrons. The number of carbonyl (C=O) groups is 1. The molecule has 5 nitrogen and oxygen atoms in total. The van der Waals surface area contributed by atoms with Crippen molar-refractivity contribution in [2.75, 3.05) is 40.3 Å². The van der Waals surface area contributed by atoms with Gasteiger partial charge in [-0.2, -0.15) is 0 Å². The molecule has 0 aromatic heterocycles. The van der Waals surface area contributed by atoms with Gasteiger partial charge in [0.2, 0.25) is 5.91 Å². The molecule has 1 saturated heterocycles. The number of nitrogens with zero attached hydrogens (tertiary/aromatic N) is 2. The van der Waals surface area contributed by atoms with Crippen molar-refractivity contribution in [2.45, 2.75) is 18.5 Å². The molecule has 0 spiro atoms. The number of primary amides is 1. The zero-order valence-electron chi connectivity index (χ0n) is 13.2. The Morgan fingerprint density at radius 1 is 1.38 bits per heavy atom. The maximum absolute atomic E-state index is 12.2. The first-order valence-corrected chi connectivity index (χ1v) is 7.46. The minimum absolute atomic E-state index is 0.331. The van der Waals surface area contributed by atoms with Crippen molar-refractivity contribution in [3.8, 4) is 0 Å². The Kier molecular flexibility index (Phi) is 4.98. The summed E-state index contributed by atoms with van der Waals surface area (Å²) in [6.07, 6.45) is 0. The average molecular weight is 290 g/mol. The lowest BCUT2D eigenvalue weighted by Crippen LogP contribution is -2.62. The molecule has 0 saturated carbocycles. The van der Waals surface area contributed by atoms with E-state index in [2.05, 4.69) is 29.1 Å². The number of likely N-dealkylation sites (N-methyl/N-ethyl adjacent to an activating group) is 2. The quantitative estimate of drug-likeness (QED) is 0.814. The number of nitrogens with two attached hydrogens (primary N) is 1. The fourth-order valence-corrected chi connectivity index (χ4v) is 3.10. The summed E-state index contributed by atoms with van der Waals surface area (Å²) in [6.45, 7) is 5.76. The van der Waals surface area contributed by atoms with E-state index in [1.807, 2.05) is 30.3 Å². The summed E-state index contributed by atoms with van der Waals surface area (Å²) in [7, 11) is 3.93. The Labute approximate surface area is 127 Å². The zero-order valence-corrected chi connectivity index (χ0v) is 13.2. The fraction of sp³-hybridized carbons (Fsp3) is 0.562. The summed E-state index contributed by atoms with van der Waals surface area (Å²) in [6, 6.07) is 10.2. The van der Waals surface area contributed by atoms with Gasteiger partial charge >= 0.3 is 0 Å². The molecule has 0 aliphatic carbocycles. The van der Waals surface area contributed by atoms with Crippen molar-refractivity contribution in [3.63, 3.8) is 0 Å². The predicted octanol–water partition coefficient (Wildman–Crippen LogP) is 0.223. The highest BCUT2D eigenvalue weighted by Gasteiger charge is 2.40. The van der Waals surface area contributed by atoms with Gasteiger partial charge in [0, 0.05) is 32.2 Å². The largest absolute Gasteiger partial charge is 0.368 e. The van der Waals surface area contributed by atoms with E-state index in [9.17, 15) is 4.79 Å². The summed E-state index contributed by atoms with van der Waals surface area (Å²) in [5, 5.41) is 3.18. The summed E-state index contributed by atoms with van der Waals surface area (Å²) in [5.74, 6) is -0.331. The smallest absolute Gasteiger partial charge is 0.243 e. The molecular formula is C16H26N4O. The molecule has 0 bridgehead atoms. The van der Waals surface area contributed by atoms with Crippen molar-refractivity contribution in [2.24, 2.45) is 5.73 Å². The number of nitrogens with one attached hydrogen (secondary N) is 1. The van der Waals surface area contributed by atoms with Crippen LogP contribution in [-0.2, 0) is 10.3 Å². The third-order valence-electron chi connectivity index (χ3n) is 4.52. The van der Waals surface area contributed by atoms with Crippen molar-refractivity contribution < 1.29 is 4.79 Å². The van der Waals surface area contributed by atoms with Crippen LogP contribution >= 0.6 is 0 Å². The molecule has 21 heavy (non-hydrogen) atoms. The number of hydrogen-bond donors (Lipinski definition) is 2. The van der Waals surface area contributed by atoms with Gasteiger partial charge < -0.3 is 16.0 Å². The molecular weight excluding hydrogens is 264 g/mol. The highest BCUT2D eigenvalue weighted by Crippen LogP contribution is 2.24. The molecule has 1 amide bonds. The molecule has 2 atom stereocenters. The number of amides is 1. The molecule has 0 radical (unpaired) electrons. The number of hydrogen-bond acceptors (Lipinski definition) is 4. The van der Waals surface area contributed by atoms with Crippen LogP contribution in [0.25, 0.3) is 0 Å². The monoisotopic (exact) mass is 290 g/mol. The first-order valence-electron chi connectivity index (χ1n) is 7.46. The Morgan fingerprint density at radius 2 is 2.05 bits per heavy atom. The number of benzene rings is 1. The van der Waals surface area contributed by atoms with Gasteiger partial charge in [-0.3, -0.25) is 9.69 Å². The molecule has 1 heterocycles. The third kappa shape index (κ3) is 3.26. The highest BCUT2D eigenvalue weighted by molar-refractivity contribution is 5.86. The lowest BCUT2D eigenvalue weighted by molar-refractivity contribution is -0.126. The second kappa shape index (κ2) is 6.56. The highest BCUT2D eigenvalue weighted by atomic mass is 16.1. The minimum atomic E-state index is -0.842. The second-order valence-corrected chi connectivity index (χ2v) is 5.97. The molecule has 5 heteroatoms. The van der Waals surface area contributed by atoms with Crippen molar-refractivity contribution >= 4 is 5.91 Å². The lowest BCUT2D eigenvalue weighted by Gasteiger charge is -2.43. The van der Waals surface area contributed by atoms with Crippen LogP contribution in [0.5, 0.6) is 0 Å². The van der Waals surface area contributed by atoms with Crippen molar-refractivity contribution in [3.05, 3.63) is 35.9 Å². The Morgan fingerprint density at radius 3 is 2.57 bits per heavy atom. The van der Waals surface area contributed by atoms with E-state index in [4.69, 9.17) is 5.73 Å². The topological polar surface area (TPSA) is 61.6 Å². The molecule has 2 unspecified atom stereocenters. The van der Waals surface area contributed by atoms with E-state index in [0.717, 1.165) is 25.2 Å². The van der Waals surface area contributed by atoms with Crippen molar-refractivity contribution in [1.29, 1.82) is 0 Å². The first kappa shape index (κ1) is 15.9. The molecule has 3 N–H and O–H groups in total. The summed E-state index contributed by atoms with van der Waals surface area (Å²) in [5.41, 5.74) is 5.85. The van der Waals surface area contributed by atoms with Crippen LogP contribution in [0.1, 0.15) is 12.5 Å². The van der Waals surface area contributed by atoms with Crippen LogP contribution in [0.4, 0.5) is 0 Å². The van der Waals surface area contributed by atoms with Gasteiger partial charge in [0.05, 0.1) is 0 Å². The Hall–Kier alpha value is -1.43. The van der Waals surface area contributed by atoms with Gasteiger partial charge in [-0.1, -0.05) is 30.3 Å². The van der Waals surface area contributed by atoms with Crippen LogP contribution in [-0.4, -0.2) is 62.0 Å². The van der Waals surface area contributed by atoms with Gasteiger partial charge in [-0.15, -0.1) is 0 Å². The van der Waals surface area contributed by atoms with Gasteiger partial charge in [-0.05, 0) is 26.6 Å². The maximum atomic E-state index is 12.2. The molecule has 2 rings (SSSR count). The van der Waals surface area contributed by atoms with E-state index in [-0.39, 0.29) is 5.91 Å². The molecule has 1 fully saturated rings. The molecule has 1 aliphatic rings. The summed E-state index contributed by atoms with van der Waals surface area (Å²) in [4.78, 5) is 16.9. The normalized spacial score (nSPS) is 23.7. The minimum Gasteiger partial charge on any atom is -0.368 e. The standard InChI is InChI=1S/C16H26N4O/c1-13-11-19(3)9-10-20(13)12-16(18-2,15(17)21)14-7-5-4-6-8-14/h4-8,13,18H,9-12H2,1-3H3,(H2,17,21). The molecule has 1 aliphatic heterocycles. The van der Waals surface area contributed by atoms with Crippen LogP contribution in [0, 0.1) is 0 Å². The fourth-order valence-electron chi connectivity index (χ4n) is 3.10. The number of piperazine rings is 1. The lowest BCUT2D eigenvalue weighted by atomic mass is 9.87.